The van der Waals surface area contributed by atoms with E-state index in [2.05, 4.69) is 10.4 Å². The first kappa shape index (κ1) is 23.1. The van der Waals surface area contributed by atoms with Gasteiger partial charge in [0.25, 0.3) is 5.91 Å². The monoisotopic (exact) mass is 480 g/mol. The molecule has 1 amide bonds. The standard InChI is InChI=1S/C24H24N4O5S/c1-28-22(26-23(29)13-33-17-8-6-16(30-2)7-9-17)12-18(27-28)24-25-19(14-34-24)15-5-10-20(31-3)21(11-15)32-4/h5-12,14H,13H2,1-4H3,(H,26,29). The molecule has 0 spiro atoms. The molecule has 1 N–H and O–H groups in total. The number of nitrogens with one attached hydrogen (secondary N) is 1. The van der Waals surface area contributed by atoms with Gasteiger partial charge in [0.1, 0.15) is 28.0 Å². The molecule has 2 heterocycles. The van der Waals surface area contributed by atoms with Crippen molar-refractivity contribution in [1.29, 1.82) is 0 Å². The van der Waals surface area contributed by atoms with Crippen LogP contribution in [0.4, 0.5) is 5.82 Å². The summed E-state index contributed by atoms with van der Waals surface area (Å²) in [6, 6.07) is 14.4. The second-order valence-electron chi connectivity index (χ2n) is 7.16. The zero-order valence-corrected chi connectivity index (χ0v) is 20.0. The zero-order chi connectivity index (χ0) is 24.1. The molecule has 4 rings (SSSR count). The predicted molar refractivity (Wildman–Crippen MR) is 130 cm³/mol. The fourth-order valence-corrected chi connectivity index (χ4v) is 3.99. The van der Waals surface area contributed by atoms with Crippen molar-refractivity contribution in [3.8, 4) is 45.0 Å². The summed E-state index contributed by atoms with van der Waals surface area (Å²) in [4.78, 5) is 17.1. The van der Waals surface area contributed by atoms with Crippen molar-refractivity contribution in [1.82, 2.24) is 14.8 Å². The second kappa shape index (κ2) is 10.3. The number of aromatic nitrogens is 3. The molecule has 0 radical (unpaired) electrons. The average Bonchev–Trinajstić information content (AvgIpc) is 3.50. The predicted octanol–water partition coefficient (Wildman–Crippen LogP) is 4.25. The van der Waals surface area contributed by atoms with Crippen LogP contribution in [0.15, 0.2) is 53.9 Å². The lowest BCUT2D eigenvalue weighted by molar-refractivity contribution is -0.118. The minimum atomic E-state index is -0.296. The highest BCUT2D eigenvalue weighted by Gasteiger charge is 2.15. The fourth-order valence-electron chi connectivity index (χ4n) is 3.21. The lowest BCUT2D eigenvalue weighted by Crippen LogP contribution is -2.21. The molecule has 0 unspecified atom stereocenters. The summed E-state index contributed by atoms with van der Waals surface area (Å²) in [5.41, 5.74) is 2.36. The summed E-state index contributed by atoms with van der Waals surface area (Å²) in [7, 11) is 6.54. The number of aryl methyl sites for hydroxylation is 1. The number of amides is 1. The second-order valence-corrected chi connectivity index (χ2v) is 8.02. The topological polar surface area (TPSA) is 96.7 Å². The highest BCUT2D eigenvalue weighted by molar-refractivity contribution is 7.13. The van der Waals surface area contributed by atoms with Crippen LogP contribution in [0.2, 0.25) is 0 Å². The first-order chi connectivity index (χ1) is 16.5. The third-order valence-corrected chi connectivity index (χ3v) is 5.84. The van der Waals surface area contributed by atoms with Gasteiger partial charge in [-0.1, -0.05) is 0 Å². The molecular formula is C24H24N4O5S. The summed E-state index contributed by atoms with van der Waals surface area (Å²) >= 11 is 1.47. The number of nitrogens with zero attached hydrogens (tertiary/aromatic N) is 3. The number of methoxy groups -OCH3 is 3. The highest BCUT2D eigenvalue weighted by Crippen LogP contribution is 2.34. The molecule has 0 bridgehead atoms. The molecule has 0 aliphatic rings. The van der Waals surface area contributed by atoms with Gasteiger partial charge in [-0.2, -0.15) is 5.10 Å². The van der Waals surface area contributed by atoms with Gasteiger partial charge in [-0.25, -0.2) is 4.98 Å². The smallest absolute Gasteiger partial charge is 0.263 e. The third kappa shape index (κ3) is 5.12. The van der Waals surface area contributed by atoms with Gasteiger partial charge in [-0.15, -0.1) is 11.3 Å². The molecule has 2 aromatic heterocycles. The van der Waals surface area contributed by atoms with E-state index in [-0.39, 0.29) is 12.5 Å². The highest BCUT2D eigenvalue weighted by atomic mass is 32.1. The molecule has 34 heavy (non-hydrogen) atoms. The van der Waals surface area contributed by atoms with Crippen LogP contribution in [0.5, 0.6) is 23.0 Å². The van der Waals surface area contributed by atoms with Crippen molar-refractivity contribution in [2.45, 2.75) is 0 Å². The average molecular weight is 481 g/mol. The fraction of sp³-hybridized carbons (Fsp3) is 0.208. The number of ether oxygens (including phenoxy) is 4. The van der Waals surface area contributed by atoms with Gasteiger partial charge in [0, 0.05) is 24.1 Å². The molecular weight excluding hydrogens is 456 g/mol. The Labute approximate surface area is 200 Å². The Hall–Kier alpha value is -4.05. The van der Waals surface area contributed by atoms with Gasteiger partial charge in [0.15, 0.2) is 18.1 Å². The van der Waals surface area contributed by atoms with Crippen LogP contribution in [-0.2, 0) is 11.8 Å². The van der Waals surface area contributed by atoms with Crippen molar-refractivity contribution in [2.75, 3.05) is 33.3 Å². The van der Waals surface area contributed by atoms with Crippen LogP contribution < -0.4 is 24.3 Å². The summed E-state index contributed by atoms with van der Waals surface area (Å²) in [6.45, 7) is -0.131. The van der Waals surface area contributed by atoms with Crippen LogP contribution in [0.1, 0.15) is 0 Å². The molecule has 9 nitrogen and oxygen atoms in total. The number of hydrogen-bond acceptors (Lipinski definition) is 8. The van der Waals surface area contributed by atoms with E-state index >= 15 is 0 Å². The Bertz CT molecular complexity index is 1280. The molecule has 2 aromatic carbocycles. The Morgan fingerprint density at radius 2 is 1.68 bits per heavy atom. The van der Waals surface area contributed by atoms with Gasteiger partial charge in [-0.05, 0) is 42.5 Å². The van der Waals surface area contributed by atoms with Gasteiger partial charge in [0.05, 0.1) is 27.0 Å². The Kier molecular flexibility index (Phi) is 6.98. The van der Waals surface area contributed by atoms with Crippen LogP contribution in [0.3, 0.4) is 0 Å². The number of thiazole rings is 1. The van der Waals surface area contributed by atoms with E-state index < -0.39 is 0 Å². The first-order valence-corrected chi connectivity index (χ1v) is 11.2. The summed E-state index contributed by atoms with van der Waals surface area (Å²) in [5, 5.41) is 9.99. The maximum absolute atomic E-state index is 12.4. The number of carbonyl (C=O) groups excluding carboxylic acids is 1. The maximum Gasteiger partial charge on any atom is 0.263 e. The van der Waals surface area contributed by atoms with Crippen molar-refractivity contribution in [3.05, 3.63) is 53.9 Å². The lowest BCUT2D eigenvalue weighted by atomic mass is 10.1. The molecule has 0 atom stereocenters. The van der Waals surface area contributed by atoms with Gasteiger partial charge in [-0.3, -0.25) is 9.48 Å². The van der Waals surface area contributed by atoms with Crippen molar-refractivity contribution in [3.63, 3.8) is 0 Å². The maximum atomic E-state index is 12.4. The minimum Gasteiger partial charge on any atom is -0.497 e. The number of rotatable bonds is 9. The van der Waals surface area contributed by atoms with E-state index in [1.807, 2.05) is 23.6 Å². The zero-order valence-electron chi connectivity index (χ0n) is 19.2. The van der Waals surface area contributed by atoms with Gasteiger partial charge in [0.2, 0.25) is 0 Å². The first-order valence-electron chi connectivity index (χ1n) is 10.3. The lowest BCUT2D eigenvalue weighted by Gasteiger charge is -2.08. The Balaban J connectivity index is 1.43. The minimum absolute atomic E-state index is 0.131. The molecule has 10 heteroatoms. The van der Waals surface area contributed by atoms with Crippen molar-refractivity contribution < 1.29 is 23.7 Å². The molecule has 0 aliphatic heterocycles. The van der Waals surface area contributed by atoms with Crippen LogP contribution >= 0.6 is 11.3 Å². The molecule has 0 saturated carbocycles. The molecule has 176 valence electrons. The molecule has 0 fully saturated rings. The summed E-state index contributed by atoms with van der Waals surface area (Å²) in [5.74, 6) is 2.83. The van der Waals surface area contributed by atoms with Crippen molar-refractivity contribution in [2.24, 2.45) is 7.05 Å². The molecule has 0 aliphatic carbocycles. The molecule has 0 saturated heterocycles. The van der Waals surface area contributed by atoms with Crippen molar-refractivity contribution >= 4 is 23.1 Å². The third-order valence-electron chi connectivity index (χ3n) is 4.98. The normalized spacial score (nSPS) is 10.6. The number of anilines is 1. The van der Waals surface area contributed by atoms with E-state index in [0.717, 1.165) is 22.0 Å². The summed E-state index contributed by atoms with van der Waals surface area (Å²) < 4.78 is 22.9. The number of benzene rings is 2. The van der Waals surface area contributed by atoms with Crippen LogP contribution in [0, 0.1) is 0 Å². The Morgan fingerprint density at radius 3 is 2.38 bits per heavy atom. The van der Waals surface area contributed by atoms with E-state index in [0.29, 0.717) is 28.8 Å². The Morgan fingerprint density at radius 1 is 0.941 bits per heavy atom. The number of carbonyl (C=O) groups is 1. The van der Waals surface area contributed by atoms with Crippen LogP contribution in [-0.4, -0.2) is 48.6 Å². The van der Waals surface area contributed by atoms with Gasteiger partial charge >= 0.3 is 0 Å². The van der Waals surface area contributed by atoms with E-state index in [4.69, 9.17) is 23.9 Å². The summed E-state index contributed by atoms with van der Waals surface area (Å²) in [6.07, 6.45) is 0. The SMILES string of the molecule is COc1ccc(OCC(=O)Nc2cc(-c3nc(-c4ccc(OC)c(OC)c4)cs3)nn2C)cc1. The van der Waals surface area contributed by atoms with E-state index in [9.17, 15) is 4.79 Å². The largest absolute Gasteiger partial charge is 0.497 e. The number of hydrogen-bond donors (Lipinski definition) is 1. The quantitative estimate of drug-likeness (QED) is 0.382. The van der Waals surface area contributed by atoms with Gasteiger partial charge < -0.3 is 24.3 Å². The van der Waals surface area contributed by atoms with E-state index in [1.165, 1.54) is 11.3 Å². The molecule has 4 aromatic rings. The van der Waals surface area contributed by atoms with Crippen LogP contribution in [0.25, 0.3) is 22.0 Å². The van der Waals surface area contributed by atoms with E-state index in [1.54, 1.807) is 63.4 Å².